The molecule has 0 saturated heterocycles. The molecule has 138 valence electrons. The summed E-state index contributed by atoms with van der Waals surface area (Å²) in [5.74, 6) is 0. The van der Waals surface area contributed by atoms with E-state index in [0.717, 1.165) is 54.9 Å². The molecule has 0 amide bonds. The Morgan fingerprint density at radius 2 is 1.17 bits per heavy atom. The predicted molar refractivity (Wildman–Crippen MR) is 120 cm³/mol. The summed E-state index contributed by atoms with van der Waals surface area (Å²) in [5.41, 5.74) is 6.54. The molecule has 2 aromatic heterocycles. The van der Waals surface area contributed by atoms with Crippen LogP contribution >= 0.6 is 0 Å². The second-order valence-electron chi connectivity index (χ2n) is 7.56. The molecule has 0 aliphatic heterocycles. The average Bonchev–Trinajstić information content (AvgIpc) is 3.29. The standard InChI is InChI=1S/C25H17BO3/c1-26(27)17-8-10-23-19(12-17)21-14-24-20(13-25(21)29-23)18-11-16(7-9-22(18)28-24)15-5-3-2-4-6-15/h2-14,27H,1H3. The van der Waals surface area contributed by atoms with Gasteiger partial charge in [-0.05, 0) is 46.9 Å². The Bertz CT molecular complexity index is 1520. The minimum Gasteiger partial charge on any atom is -0.456 e. The first-order chi connectivity index (χ1) is 14.2. The SMILES string of the molecule is CB(O)c1ccc2oc3cc4c(cc3c2c1)oc1ccc(-c2ccccc2)cc14. The van der Waals surface area contributed by atoms with Crippen molar-refractivity contribution in [3.05, 3.63) is 78.9 Å². The lowest BCUT2D eigenvalue weighted by atomic mass is 9.64. The predicted octanol–water partition coefficient (Wildman–Crippen LogP) is 5.97. The van der Waals surface area contributed by atoms with Crippen LogP contribution in [0.15, 0.2) is 87.7 Å². The van der Waals surface area contributed by atoms with Crippen molar-refractivity contribution in [1.82, 2.24) is 0 Å². The van der Waals surface area contributed by atoms with Gasteiger partial charge in [0.2, 0.25) is 0 Å². The van der Waals surface area contributed by atoms with Gasteiger partial charge in [0, 0.05) is 21.5 Å². The van der Waals surface area contributed by atoms with Gasteiger partial charge >= 0.3 is 6.92 Å². The van der Waals surface area contributed by atoms with Crippen molar-refractivity contribution in [2.75, 3.05) is 0 Å². The summed E-state index contributed by atoms with van der Waals surface area (Å²) < 4.78 is 12.3. The van der Waals surface area contributed by atoms with E-state index in [2.05, 4.69) is 30.3 Å². The Balaban J connectivity index is 1.62. The fraction of sp³-hybridized carbons (Fsp3) is 0.0400. The number of fused-ring (bicyclic) bond motifs is 6. The van der Waals surface area contributed by atoms with Gasteiger partial charge in [-0.2, -0.15) is 0 Å². The van der Waals surface area contributed by atoms with E-state index in [1.165, 1.54) is 5.56 Å². The summed E-state index contributed by atoms with van der Waals surface area (Å²) in [7, 11) is 0. The molecule has 4 heteroatoms. The first kappa shape index (κ1) is 16.5. The second-order valence-corrected chi connectivity index (χ2v) is 7.56. The van der Waals surface area contributed by atoms with E-state index < -0.39 is 6.92 Å². The molecule has 0 unspecified atom stereocenters. The molecule has 0 bridgehead atoms. The number of rotatable bonds is 2. The van der Waals surface area contributed by atoms with Crippen molar-refractivity contribution in [3.8, 4) is 11.1 Å². The maximum atomic E-state index is 9.93. The number of benzene rings is 4. The van der Waals surface area contributed by atoms with Crippen molar-refractivity contribution in [2.45, 2.75) is 6.82 Å². The van der Waals surface area contributed by atoms with Crippen LogP contribution in [0.25, 0.3) is 55.0 Å². The molecule has 0 aliphatic rings. The van der Waals surface area contributed by atoms with Gasteiger partial charge in [0.15, 0.2) is 0 Å². The first-order valence-corrected chi connectivity index (χ1v) is 9.73. The van der Waals surface area contributed by atoms with Crippen molar-refractivity contribution in [1.29, 1.82) is 0 Å². The molecule has 29 heavy (non-hydrogen) atoms. The van der Waals surface area contributed by atoms with Crippen molar-refractivity contribution in [2.24, 2.45) is 0 Å². The molecule has 0 atom stereocenters. The molecule has 0 radical (unpaired) electrons. The highest BCUT2D eigenvalue weighted by Gasteiger charge is 2.15. The summed E-state index contributed by atoms with van der Waals surface area (Å²) in [6.07, 6.45) is 0. The van der Waals surface area contributed by atoms with E-state index >= 15 is 0 Å². The first-order valence-electron chi connectivity index (χ1n) is 9.73. The minimum atomic E-state index is -0.518. The van der Waals surface area contributed by atoms with Gasteiger partial charge in [-0.1, -0.05) is 55.4 Å². The van der Waals surface area contributed by atoms with Crippen molar-refractivity contribution in [3.63, 3.8) is 0 Å². The maximum Gasteiger partial charge on any atom is 0.320 e. The van der Waals surface area contributed by atoms with E-state index in [1.807, 2.05) is 48.5 Å². The van der Waals surface area contributed by atoms with Gasteiger partial charge in [-0.3, -0.25) is 0 Å². The van der Waals surface area contributed by atoms with Crippen LogP contribution in [0, 0.1) is 0 Å². The Morgan fingerprint density at radius 1 is 0.586 bits per heavy atom. The maximum absolute atomic E-state index is 9.93. The van der Waals surface area contributed by atoms with Crippen molar-refractivity contribution < 1.29 is 13.9 Å². The highest BCUT2D eigenvalue weighted by Crippen LogP contribution is 2.37. The lowest BCUT2D eigenvalue weighted by molar-refractivity contribution is 0.594. The average molecular weight is 376 g/mol. The molecular formula is C25H17BO3. The fourth-order valence-corrected chi connectivity index (χ4v) is 4.13. The van der Waals surface area contributed by atoms with Crippen molar-refractivity contribution >= 4 is 56.3 Å². The van der Waals surface area contributed by atoms with E-state index in [4.69, 9.17) is 8.83 Å². The monoisotopic (exact) mass is 376 g/mol. The zero-order valence-electron chi connectivity index (χ0n) is 15.8. The summed E-state index contributed by atoms with van der Waals surface area (Å²) in [4.78, 5) is 0. The molecule has 0 saturated carbocycles. The summed E-state index contributed by atoms with van der Waals surface area (Å²) in [6.45, 7) is 1.25. The third kappa shape index (κ3) is 2.50. The molecule has 6 rings (SSSR count). The van der Waals surface area contributed by atoms with Crippen LogP contribution in [0.2, 0.25) is 6.82 Å². The normalized spacial score (nSPS) is 11.8. The summed E-state index contributed by atoms with van der Waals surface area (Å²) in [6, 6.07) is 26.6. The molecule has 0 fully saturated rings. The van der Waals surface area contributed by atoms with Crippen LogP contribution in [0.3, 0.4) is 0 Å². The van der Waals surface area contributed by atoms with Crippen LogP contribution in [0.4, 0.5) is 0 Å². The zero-order valence-corrected chi connectivity index (χ0v) is 15.8. The molecule has 0 aliphatic carbocycles. The topological polar surface area (TPSA) is 46.5 Å². The summed E-state index contributed by atoms with van der Waals surface area (Å²) in [5, 5.41) is 14.0. The van der Waals surface area contributed by atoms with Gasteiger partial charge in [0.25, 0.3) is 0 Å². The Morgan fingerprint density at radius 3 is 1.83 bits per heavy atom. The van der Waals surface area contributed by atoms with Crippen LogP contribution in [-0.4, -0.2) is 11.9 Å². The van der Waals surface area contributed by atoms with E-state index in [-0.39, 0.29) is 0 Å². The van der Waals surface area contributed by atoms with Gasteiger partial charge in [-0.25, -0.2) is 0 Å². The number of hydrogen-bond donors (Lipinski definition) is 1. The smallest absolute Gasteiger partial charge is 0.320 e. The third-order valence-electron chi connectivity index (χ3n) is 5.67. The highest BCUT2D eigenvalue weighted by molar-refractivity contribution is 6.65. The van der Waals surface area contributed by atoms with E-state index in [0.29, 0.717) is 0 Å². The van der Waals surface area contributed by atoms with E-state index in [1.54, 1.807) is 6.82 Å². The molecule has 4 aromatic carbocycles. The molecule has 6 aromatic rings. The van der Waals surface area contributed by atoms with Crippen LogP contribution < -0.4 is 5.46 Å². The number of furan rings is 2. The Kier molecular flexibility index (Phi) is 3.40. The van der Waals surface area contributed by atoms with E-state index in [9.17, 15) is 5.02 Å². The van der Waals surface area contributed by atoms with Crippen LogP contribution in [0.5, 0.6) is 0 Å². The Labute approximate surface area is 167 Å². The molecule has 3 nitrogen and oxygen atoms in total. The van der Waals surface area contributed by atoms with Gasteiger partial charge in [0.1, 0.15) is 22.3 Å². The molecule has 2 heterocycles. The Hall–Kier alpha value is -3.50. The quantitative estimate of drug-likeness (QED) is 0.379. The van der Waals surface area contributed by atoms with Gasteiger partial charge in [-0.15, -0.1) is 0 Å². The van der Waals surface area contributed by atoms with Gasteiger partial charge in [0.05, 0.1) is 0 Å². The summed E-state index contributed by atoms with van der Waals surface area (Å²) >= 11 is 0. The largest absolute Gasteiger partial charge is 0.456 e. The zero-order chi connectivity index (χ0) is 19.5. The number of hydrogen-bond acceptors (Lipinski definition) is 3. The molecule has 1 N–H and O–H groups in total. The molecule has 0 spiro atoms. The van der Waals surface area contributed by atoms with Gasteiger partial charge < -0.3 is 13.9 Å². The van der Waals surface area contributed by atoms with Crippen LogP contribution in [0.1, 0.15) is 0 Å². The van der Waals surface area contributed by atoms with Crippen LogP contribution in [-0.2, 0) is 0 Å². The minimum absolute atomic E-state index is 0.518. The highest BCUT2D eigenvalue weighted by atomic mass is 16.3. The fourth-order valence-electron chi connectivity index (χ4n) is 4.13. The lowest BCUT2D eigenvalue weighted by Crippen LogP contribution is -2.25. The second kappa shape index (κ2) is 6.00. The third-order valence-corrected chi connectivity index (χ3v) is 5.67. The lowest BCUT2D eigenvalue weighted by Gasteiger charge is -2.01. The molecular weight excluding hydrogens is 359 g/mol.